The number of amides is 1. The highest BCUT2D eigenvalue weighted by atomic mass is 16.5. The zero-order valence-corrected chi connectivity index (χ0v) is 13.6. The molecule has 4 heteroatoms. The number of ether oxygens (including phenoxy) is 2. The van der Waals surface area contributed by atoms with E-state index < -0.39 is 0 Å². The van der Waals surface area contributed by atoms with Gasteiger partial charge in [-0.15, -0.1) is 0 Å². The van der Waals surface area contributed by atoms with Crippen LogP contribution in [0.3, 0.4) is 0 Å². The Kier molecular flexibility index (Phi) is 5.80. The fourth-order valence-corrected chi connectivity index (χ4v) is 2.14. The topological polar surface area (TPSA) is 47.6 Å². The van der Waals surface area contributed by atoms with Crippen molar-refractivity contribution in [2.45, 2.75) is 13.8 Å². The molecule has 4 nitrogen and oxygen atoms in total. The molecule has 1 N–H and O–H groups in total. The van der Waals surface area contributed by atoms with E-state index in [0.29, 0.717) is 23.8 Å². The summed E-state index contributed by atoms with van der Waals surface area (Å²) < 4.78 is 10.7. The van der Waals surface area contributed by atoms with Gasteiger partial charge in [0.25, 0.3) is 0 Å². The van der Waals surface area contributed by atoms with Crippen molar-refractivity contribution in [2.75, 3.05) is 19.0 Å². The number of carbonyl (C=O) groups excluding carboxylic acids is 1. The first-order valence-corrected chi connectivity index (χ1v) is 7.49. The third-order valence-electron chi connectivity index (χ3n) is 3.33. The van der Waals surface area contributed by atoms with Gasteiger partial charge in [0, 0.05) is 17.8 Å². The van der Waals surface area contributed by atoms with Crippen LogP contribution in [0.1, 0.15) is 18.1 Å². The Morgan fingerprint density at radius 1 is 1.17 bits per heavy atom. The minimum absolute atomic E-state index is 0.195. The third-order valence-corrected chi connectivity index (χ3v) is 3.33. The van der Waals surface area contributed by atoms with Gasteiger partial charge in [0.15, 0.2) is 11.5 Å². The van der Waals surface area contributed by atoms with Crippen molar-refractivity contribution in [1.82, 2.24) is 0 Å². The number of hydrogen-bond acceptors (Lipinski definition) is 3. The van der Waals surface area contributed by atoms with Crippen LogP contribution >= 0.6 is 0 Å². The molecular weight excluding hydrogens is 290 g/mol. The van der Waals surface area contributed by atoms with Crippen molar-refractivity contribution >= 4 is 17.7 Å². The molecule has 0 aliphatic carbocycles. The Labute approximate surface area is 136 Å². The molecule has 0 atom stereocenters. The summed E-state index contributed by atoms with van der Waals surface area (Å²) >= 11 is 0. The lowest BCUT2D eigenvalue weighted by atomic mass is 10.1. The van der Waals surface area contributed by atoms with Crippen LogP contribution in [0.4, 0.5) is 5.69 Å². The molecule has 0 aromatic heterocycles. The highest BCUT2D eigenvalue weighted by Crippen LogP contribution is 2.30. The molecular formula is C19H21NO3. The normalized spacial score (nSPS) is 10.6. The Bertz CT molecular complexity index is 708. The second kappa shape index (κ2) is 8.03. The van der Waals surface area contributed by atoms with E-state index in [0.717, 1.165) is 11.1 Å². The number of nitrogens with one attached hydrogen (secondary N) is 1. The van der Waals surface area contributed by atoms with E-state index in [1.165, 1.54) is 6.08 Å². The minimum atomic E-state index is -0.195. The summed E-state index contributed by atoms with van der Waals surface area (Å²) in [6.45, 7) is 4.47. The number of rotatable bonds is 6. The maximum atomic E-state index is 12.0. The average Bonchev–Trinajstić information content (AvgIpc) is 2.55. The zero-order valence-electron chi connectivity index (χ0n) is 13.6. The molecule has 0 fully saturated rings. The van der Waals surface area contributed by atoms with Crippen molar-refractivity contribution in [3.63, 3.8) is 0 Å². The van der Waals surface area contributed by atoms with E-state index in [1.54, 1.807) is 31.4 Å². The first kappa shape index (κ1) is 16.6. The number of benzene rings is 2. The third kappa shape index (κ3) is 4.61. The largest absolute Gasteiger partial charge is 0.493 e. The van der Waals surface area contributed by atoms with Crippen LogP contribution in [-0.2, 0) is 4.79 Å². The summed E-state index contributed by atoms with van der Waals surface area (Å²) in [7, 11) is 1.57. The quantitative estimate of drug-likeness (QED) is 0.819. The van der Waals surface area contributed by atoms with Crippen molar-refractivity contribution in [2.24, 2.45) is 0 Å². The van der Waals surface area contributed by atoms with Crippen LogP contribution in [-0.4, -0.2) is 19.6 Å². The second-order valence-electron chi connectivity index (χ2n) is 4.98. The van der Waals surface area contributed by atoms with Crippen molar-refractivity contribution in [3.8, 4) is 11.5 Å². The van der Waals surface area contributed by atoms with E-state index in [1.807, 2.05) is 38.1 Å². The summed E-state index contributed by atoms with van der Waals surface area (Å²) in [4.78, 5) is 12.0. The molecule has 1 amide bonds. The first-order chi connectivity index (χ1) is 11.1. The van der Waals surface area contributed by atoms with Crippen LogP contribution in [0.2, 0.25) is 0 Å². The van der Waals surface area contributed by atoms with Gasteiger partial charge in [0.2, 0.25) is 5.91 Å². The molecule has 0 spiro atoms. The smallest absolute Gasteiger partial charge is 0.248 e. The van der Waals surface area contributed by atoms with E-state index in [9.17, 15) is 4.79 Å². The van der Waals surface area contributed by atoms with Gasteiger partial charge in [-0.05, 0) is 43.2 Å². The van der Waals surface area contributed by atoms with Gasteiger partial charge >= 0.3 is 0 Å². The Morgan fingerprint density at radius 2 is 1.96 bits per heavy atom. The summed E-state index contributed by atoms with van der Waals surface area (Å²) in [5.41, 5.74) is 2.80. The second-order valence-corrected chi connectivity index (χ2v) is 4.98. The lowest BCUT2D eigenvalue weighted by molar-refractivity contribution is -0.111. The predicted octanol–water partition coefficient (Wildman–Crippen LogP) is 4.05. The highest BCUT2D eigenvalue weighted by Gasteiger charge is 2.06. The molecule has 2 aromatic rings. The lowest BCUT2D eigenvalue weighted by Crippen LogP contribution is -2.08. The highest BCUT2D eigenvalue weighted by molar-refractivity contribution is 6.02. The fraction of sp³-hybridized carbons (Fsp3) is 0.211. The molecule has 0 bridgehead atoms. The average molecular weight is 311 g/mol. The van der Waals surface area contributed by atoms with Crippen molar-refractivity contribution in [3.05, 3.63) is 59.7 Å². The molecule has 120 valence electrons. The summed E-state index contributed by atoms with van der Waals surface area (Å²) in [6.07, 6.45) is 3.32. The van der Waals surface area contributed by atoms with E-state index in [2.05, 4.69) is 5.32 Å². The van der Waals surface area contributed by atoms with E-state index in [-0.39, 0.29) is 5.91 Å². The molecule has 0 saturated heterocycles. The summed E-state index contributed by atoms with van der Waals surface area (Å²) in [5, 5.41) is 2.81. The minimum Gasteiger partial charge on any atom is -0.493 e. The number of aryl methyl sites for hydroxylation is 1. The van der Waals surface area contributed by atoms with Crippen molar-refractivity contribution < 1.29 is 14.3 Å². The monoisotopic (exact) mass is 311 g/mol. The lowest BCUT2D eigenvalue weighted by Gasteiger charge is -2.11. The molecule has 0 aliphatic heterocycles. The molecule has 0 unspecified atom stereocenters. The SMILES string of the molecule is CCOc1ccc(NC(=O)/C=C/c2ccccc2C)cc1OC. The molecule has 0 aliphatic rings. The van der Waals surface area contributed by atoms with Gasteiger partial charge in [-0.3, -0.25) is 4.79 Å². The van der Waals surface area contributed by atoms with E-state index >= 15 is 0 Å². The Morgan fingerprint density at radius 3 is 2.65 bits per heavy atom. The number of hydrogen-bond donors (Lipinski definition) is 1. The van der Waals surface area contributed by atoms with Gasteiger partial charge in [0.1, 0.15) is 0 Å². The van der Waals surface area contributed by atoms with Crippen molar-refractivity contribution in [1.29, 1.82) is 0 Å². The first-order valence-electron chi connectivity index (χ1n) is 7.49. The van der Waals surface area contributed by atoms with Gasteiger partial charge in [-0.25, -0.2) is 0 Å². The van der Waals surface area contributed by atoms with Gasteiger partial charge in [0.05, 0.1) is 13.7 Å². The number of carbonyl (C=O) groups is 1. The maximum Gasteiger partial charge on any atom is 0.248 e. The fourth-order valence-electron chi connectivity index (χ4n) is 2.14. The summed E-state index contributed by atoms with van der Waals surface area (Å²) in [5.74, 6) is 1.05. The Hall–Kier alpha value is -2.75. The van der Waals surface area contributed by atoms with Crippen LogP contribution < -0.4 is 14.8 Å². The van der Waals surface area contributed by atoms with Crippen LogP contribution in [0.5, 0.6) is 11.5 Å². The van der Waals surface area contributed by atoms with Crippen LogP contribution in [0, 0.1) is 6.92 Å². The molecule has 23 heavy (non-hydrogen) atoms. The van der Waals surface area contributed by atoms with Gasteiger partial charge in [-0.1, -0.05) is 24.3 Å². The van der Waals surface area contributed by atoms with Gasteiger partial charge in [-0.2, -0.15) is 0 Å². The standard InChI is InChI=1S/C19H21NO3/c1-4-23-17-11-10-16(13-18(17)22-3)20-19(21)12-9-15-8-6-5-7-14(15)2/h5-13H,4H2,1-3H3,(H,20,21)/b12-9+. The molecule has 2 rings (SSSR count). The van der Waals surface area contributed by atoms with Crippen LogP contribution in [0.15, 0.2) is 48.5 Å². The number of methoxy groups -OCH3 is 1. The van der Waals surface area contributed by atoms with E-state index in [4.69, 9.17) is 9.47 Å². The Balaban J connectivity index is 2.07. The number of anilines is 1. The summed E-state index contributed by atoms with van der Waals surface area (Å²) in [6, 6.07) is 13.2. The van der Waals surface area contributed by atoms with Crippen LogP contribution in [0.25, 0.3) is 6.08 Å². The maximum absolute atomic E-state index is 12.0. The molecule has 0 saturated carbocycles. The zero-order chi connectivity index (χ0) is 16.7. The predicted molar refractivity (Wildman–Crippen MR) is 93.0 cm³/mol. The molecule has 2 aromatic carbocycles. The molecule has 0 heterocycles. The molecule has 0 radical (unpaired) electrons. The van der Waals surface area contributed by atoms with Gasteiger partial charge < -0.3 is 14.8 Å².